The fourth-order valence-electron chi connectivity index (χ4n) is 3.84. The van der Waals surface area contributed by atoms with Crippen LogP contribution in [0.3, 0.4) is 0 Å². The molecule has 0 aliphatic carbocycles. The van der Waals surface area contributed by atoms with E-state index in [1.807, 2.05) is 23.1 Å². The van der Waals surface area contributed by atoms with Crippen molar-refractivity contribution in [1.29, 1.82) is 0 Å². The van der Waals surface area contributed by atoms with E-state index >= 15 is 0 Å². The van der Waals surface area contributed by atoms with Crippen LogP contribution < -0.4 is 5.56 Å². The Morgan fingerprint density at radius 3 is 2.77 bits per heavy atom. The minimum atomic E-state index is -0.239. The zero-order chi connectivity index (χ0) is 20.9. The molecule has 3 aromatic rings. The molecule has 2 heterocycles. The Morgan fingerprint density at radius 1 is 1.20 bits per heavy atom. The van der Waals surface area contributed by atoms with Gasteiger partial charge in [-0.25, -0.2) is 4.68 Å². The second-order valence-electron chi connectivity index (χ2n) is 7.91. The van der Waals surface area contributed by atoms with Gasteiger partial charge in [-0.15, -0.1) is 0 Å². The zero-order valence-electron chi connectivity index (χ0n) is 17.3. The smallest absolute Gasteiger partial charge is 0.275 e. The van der Waals surface area contributed by atoms with Crippen molar-refractivity contribution in [3.05, 3.63) is 76.2 Å². The summed E-state index contributed by atoms with van der Waals surface area (Å²) < 4.78 is 7.02. The second-order valence-corrected chi connectivity index (χ2v) is 7.91. The van der Waals surface area contributed by atoms with Gasteiger partial charge in [-0.2, -0.15) is 5.10 Å². The maximum absolute atomic E-state index is 13.1. The lowest BCUT2D eigenvalue weighted by Gasteiger charge is -2.26. The highest BCUT2D eigenvalue weighted by molar-refractivity contribution is 5.81. The fourth-order valence-corrected chi connectivity index (χ4v) is 3.84. The van der Waals surface area contributed by atoms with Gasteiger partial charge >= 0.3 is 0 Å². The van der Waals surface area contributed by atoms with Gasteiger partial charge in [0.1, 0.15) is 6.54 Å². The first-order valence-corrected chi connectivity index (χ1v) is 10.5. The van der Waals surface area contributed by atoms with Gasteiger partial charge in [-0.3, -0.25) is 9.59 Å². The van der Waals surface area contributed by atoms with Crippen molar-refractivity contribution in [2.45, 2.75) is 38.8 Å². The highest BCUT2D eigenvalue weighted by Gasteiger charge is 2.23. The van der Waals surface area contributed by atoms with E-state index in [4.69, 9.17) is 4.74 Å². The third-order valence-corrected chi connectivity index (χ3v) is 5.64. The third-order valence-electron chi connectivity index (χ3n) is 5.64. The van der Waals surface area contributed by atoms with E-state index in [-0.39, 0.29) is 24.1 Å². The highest BCUT2D eigenvalue weighted by atomic mass is 16.5. The fraction of sp³-hybridized carbons (Fsp3) is 0.375. The summed E-state index contributed by atoms with van der Waals surface area (Å²) in [5, 5.41) is 5.57. The minimum Gasteiger partial charge on any atom is -0.376 e. The molecule has 1 aliphatic rings. The normalized spacial score (nSPS) is 16.1. The first kappa shape index (κ1) is 20.3. The van der Waals surface area contributed by atoms with E-state index in [1.165, 1.54) is 15.8 Å². The molecule has 1 aromatic heterocycles. The predicted molar refractivity (Wildman–Crippen MR) is 116 cm³/mol. The Morgan fingerprint density at radius 2 is 2.00 bits per heavy atom. The Kier molecular flexibility index (Phi) is 6.23. The number of rotatable bonds is 7. The van der Waals surface area contributed by atoms with Crippen LogP contribution in [-0.4, -0.2) is 46.4 Å². The molecule has 6 nitrogen and oxygen atoms in total. The molecule has 0 radical (unpaired) electrons. The van der Waals surface area contributed by atoms with E-state index in [9.17, 15) is 9.59 Å². The van der Waals surface area contributed by atoms with Crippen LogP contribution in [0.15, 0.2) is 59.5 Å². The first-order valence-electron chi connectivity index (χ1n) is 10.5. The van der Waals surface area contributed by atoms with Crippen molar-refractivity contribution >= 4 is 16.7 Å². The topological polar surface area (TPSA) is 64.4 Å². The molecule has 0 saturated carbocycles. The number of ether oxygens (including phenoxy) is 1. The van der Waals surface area contributed by atoms with E-state index in [0.29, 0.717) is 18.5 Å². The molecule has 1 atom stereocenters. The Bertz CT molecular complexity index is 1070. The predicted octanol–water partition coefficient (Wildman–Crippen LogP) is 2.96. The number of carbonyl (C=O) groups is 1. The maximum atomic E-state index is 13.1. The molecule has 30 heavy (non-hydrogen) atoms. The average molecular weight is 405 g/mol. The van der Waals surface area contributed by atoms with Crippen molar-refractivity contribution in [3.8, 4) is 0 Å². The van der Waals surface area contributed by atoms with E-state index in [2.05, 4.69) is 36.3 Å². The number of amides is 1. The number of hydrogen-bond acceptors (Lipinski definition) is 4. The largest absolute Gasteiger partial charge is 0.376 e. The number of nitrogens with zero attached hydrogens (tertiary/aromatic N) is 3. The van der Waals surface area contributed by atoms with Crippen molar-refractivity contribution in [3.63, 3.8) is 0 Å². The van der Waals surface area contributed by atoms with E-state index in [1.54, 1.807) is 12.3 Å². The summed E-state index contributed by atoms with van der Waals surface area (Å²) in [6.07, 6.45) is 4.45. The summed E-state index contributed by atoms with van der Waals surface area (Å²) in [5.41, 5.74) is 2.16. The molecule has 156 valence electrons. The van der Waals surface area contributed by atoms with Crippen LogP contribution in [0, 0.1) is 6.92 Å². The van der Waals surface area contributed by atoms with Crippen molar-refractivity contribution in [2.75, 3.05) is 19.7 Å². The molecule has 0 bridgehead atoms. The molecule has 1 aliphatic heterocycles. The molecule has 0 spiro atoms. The zero-order valence-corrected chi connectivity index (χ0v) is 17.3. The summed E-state index contributed by atoms with van der Waals surface area (Å²) in [6.45, 7) is 3.88. The number of aromatic nitrogens is 2. The summed E-state index contributed by atoms with van der Waals surface area (Å²) in [5.74, 6) is -0.109. The average Bonchev–Trinajstić information content (AvgIpc) is 3.27. The van der Waals surface area contributed by atoms with Crippen LogP contribution in [0.5, 0.6) is 0 Å². The monoisotopic (exact) mass is 405 g/mol. The summed E-state index contributed by atoms with van der Waals surface area (Å²) in [6, 6.07) is 15.7. The molecule has 1 saturated heterocycles. The van der Waals surface area contributed by atoms with Gasteiger partial charge in [-0.05, 0) is 37.8 Å². The number of fused-ring (bicyclic) bond motifs is 1. The summed E-state index contributed by atoms with van der Waals surface area (Å²) in [4.78, 5) is 27.7. The molecule has 4 rings (SSSR count). The molecule has 0 N–H and O–H groups in total. The van der Waals surface area contributed by atoms with Crippen LogP contribution in [0.1, 0.15) is 24.0 Å². The van der Waals surface area contributed by atoms with Crippen LogP contribution in [-0.2, 0) is 22.5 Å². The molecule has 6 heteroatoms. The van der Waals surface area contributed by atoms with Gasteiger partial charge in [0.05, 0.1) is 17.7 Å². The molecule has 1 fully saturated rings. The Labute approximate surface area is 176 Å². The third kappa shape index (κ3) is 4.76. The summed E-state index contributed by atoms with van der Waals surface area (Å²) >= 11 is 0. The standard InChI is InChI=1S/C24H27N3O3/c1-18-8-10-19(11-9-18)12-13-26(16-21-6-4-14-30-21)23(28)17-27-24(29)22-7-3-2-5-20(22)15-25-27/h2-3,5,7-11,15,21H,4,6,12-14,16-17H2,1H3. The van der Waals surface area contributed by atoms with Crippen molar-refractivity contribution in [1.82, 2.24) is 14.7 Å². The van der Waals surface area contributed by atoms with Crippen LogP contribution >= 0.6 is 0 Å². The van der Waals surface area contributed by atoms with Gasteiger partial charge in [-0.1, -0.05) is 48.0 Å². The van der Waals surface area contributed by atoms with Gasteiger partial charge in [0.2, 0.25) is 5.91 Å². The Hall–Kier alpha value is -2.99. The minimum absolute atomic E-state index is 0.0632. The molecule has 2 aromatic carbocycles. The lowest BCUT2D eigenvalue weighted by atomic mass is 10.1. The molecular formula is C24H27N3O3. The van der Waals surface area contributed by atoms with Gasteiger partial charge < -0.3 is 9.64 Å². The SMILES string of the molecule is Cc1ccc(CCN(CC2CCCO2)C(=O)Cn2ncc3ccccc3c2=O)cc1. The number of benzene rings is 2. The highest BCUT2D eigenvalue weighted by Crippen LogP contribution is 2.15. The Balaban J connectivity index is 1.50. The van der Waals surface area contributed by atoms with Gasteiger partial charge in [0.15, 0.2) is 0 Å². The van der Waals surface area contributed by atoms with Gasteiger partial charge in [0, 0.05) is 25.1 Å². The first-order chi connectivity index (χ1) is 14.6. The molecule has 1 unspecified atom stereocenters. The second kappa shape index (κ2) is 9.22. The number of aryl methyl sites for hydroxylation is 1. The van der Waals surface area contributed by atoms with Crippen molar-refractivity contribution < 1.29 is 9.53 Å². The van der Waals surface area contributed by atoms with Crippen LogP contribution in [0.2, 0.25) is 0 Å². The van der Waals surface area contributed by atoms with E-state index in [0.717, 1.165) is 31.3 Å². The molecular weight excluding hydrogens is 378 g/mol. The number of carbonyl (C=O) groups excluding carboxylic acids is 1. The van der Waals surface area contributed by atoms with Gasteiger partial charge in [0.25, 0.3) is 5.56 Å². The van der Waals surface area contributed by atoms with E-state index < -0.39 is 0 Å². The number of hydrogen-bond donors (Lipinski definition) is 0. The van der Waals surface area contributed by atoms with Crippen LogP contribution in [0.25, 0.3) is 10.8 Å². The lowest BCUT2D eigenvalue weighted by molar-refractivity contribution is -0.133. The van der Waals surface area contributed by atoms with Crippen molar-refractivity contribution in [2.24, 2.45) is 0 Å². The molecule has 1 amide bonds. The lowest BCUT2D eigenvalue weighted by Crippen LogP contribution is -2.42. The summed E-state index contributed by atoms with van der Waals surface area (Å²) in [7, 11) is 0. The van der Waals surface area contributed by atoms with Crippen LogP contribution in [0.4, 0.5) is 0 Å². The quantitative estimate of drug-likeness (QED) is 0.606. The maximum Gasteiger partial charge on any atom is 0.275 e.